The van der Waals surface area contributed by atoms with Crippen LogP contribution in [0.3, 0.4) is 0 Å². The third-order valence-corrected chi connectivity index (χ3v) is 5.12. The number of esters is 1. The lowest BCUT2D eigenvalue weighted by molar-refractivity contribution is -0.136. The molecule has 0 aromatic heterocycles. The number of carbonyl (C=O) groups excluding carboxylic acids is 1. The Morgan fingerprint density at radius 3 is 2.70 bits per heavy atom. The number of aliphatic hydroxyl groups excluding tert-OH is 1. The SMILES string of the molecule is C=C1C=C(C)SC12C(C(=O)OC)=C(O)c1ccccc12. The molecule has 0 saturated carbocycles. The number of allylic oxidation sites excluding steroid dienone is 2. The Morgan fingerprint density at radius 1 is 1.40 bits per heavy atom. The number of fused-ring (bicyclic) bond motifs is 2. The molecule has 1 atom stereocenters. The molecule has 0 fully saturated rings. The highest BCUT2D eigenvalue weighted by molar-refractivity contribution is 8.04. The molecule has 0 radical (unpaired) electrons. The first-order valence-corrected chi connectivity index (χ1v) is 7.02. The summed E-state index contributed by atoms with van der Waals surface area (Å²) in [6, 6.07) is 7.47. The molecule has 1 heterocycles. The highest BCUT2D eigenvalue weighted by atomic mass is 32.2. The van der Waals surface area contributed by atoms with Crippen LogP contribution in [0.25, 0.3) is 5.76 Å². The van der Waals surface area contributed by atoms with Gasteiger partial charge in [0.2, 0.25) is 0 Å². The molecule has 1 unspecified atom stereocenters. The lowest BCUT2D eigenvalue weighted by Gasteiger charge is -2.28. The first-order chi connectivity index (χ1) is 9.52. The molecule has 2 aliphatic rings. The van der Waals surface area contributed by atoms with Crippen molar-refractivity contribution < 1.29 is 14.6 Å². The summed E-state index contributed by atoms with van der Waals surface area (Å²) in [5.74, 6) is -0.528. The Labute approximate surface area is 121 Å². The zero-order chi connectivity index (χ0) is 14.5. The molecule has 3 rings (SSSR count). The summed E-state index contributed by atoms with van der Waals surface area (Å²) < 4.78 is 4.12. The van der Waals surface area contributed by atoms with Crippen molar-refractivity contribution in [3.05, 3.63) is 64.1 Å². The maximum absolute atomic E-state index is 12.2. The monoisotopic (exact) mass is 286 g/mol. The van der Waals surface area contributed by atoms with Crippen LogP contribution in [-0.2, 0) is 14.3 Å². The second kappa shape index (κ2) is 4.28. The van der Waals surface area contributed by atoms with Gasteiger partial charge in [0.15, 0.2) is 0 Å². The molecule has 1 aromatic rings. The first kappa shape index (κ1) is 13.1. The summed E-state index contributed by atoms with van der Waals surface area (Å²) in [4.78, 5) is 13.2. The molecule has 4 heteroatoms. The molecule has 1 aliphatic heterocycles. The van der Waals surface area contributed by atoms with Gasteiger partial charge in [-0.1, -0.05) is 30.8 Å². The molecular formula is C16H14O3S. The largest absolute Gasteiger partial charge is 0.507 e. The van der Waals surface area contributed by atoms with E-state index in [2.05, 4.69) is 6.58 Å². The van der Waals surface area contributed by atoms with Crippen molar-refractivity contribution in [3.63, 3.8) is 0 Å². The van der Waals surface area contributed by atoms with E-state index in [9.17, 15) is 9.90 Å². The van der Waals surface area contributed by atoms with Gasteiger partial charge in [-0.25, -0.2) is 4.79 Å². The Morgan fingerprint density at radius 2 is 2.10 bits per heavy atom. The Kier molecular flexibility index (Phi) is 2.80. The second-order valence-electron chi connectivity index (χ2n) is 4.82. The van der Waals surface area contributed by atoms with Crippen LogP contribution in [0.4, 0.5) is 0 Å². The quantitative estimate of drug-likeness (QED) is 0.802. The summed E-state index contributed by atoms with van der Waals surface area (Å²) in [6.45, 7) is 6.06. The van der Waals surface area contributed by atoms with Crippen molar-refractivity contribution >= 4 is 23.5 Å². The fourth-order valence-corrected chi connectivity index (χ4v) is 4.34. The van der Waals surface area contributed by atoms with Crippen LogP contribution in [0.2, 0.25) is 0 Å². The highest BCUT2D eigenvalue weighted by Gasteiger charge is 2.53. The summed E-state index contributed by atoms with van der Waals surface area (Å²) in [5.41, 5.74) is 2.62. The van der Waals surface area contributed by atoms with Gasteiger partial charge in [0.05, 0.1) is 7.11 Å². The maximum atomic E-state index is 12.2. The average Bonchev–Trinajstić information content (AvgIpc) is 2.86. The predicted octanol–water partition coefficient (Wildman–Crippen LogP) is 3.54. The zero-order valence-electron chi connectivity index (χ0n) is 11.3. The van der Waals surface area contributed by atoms with Crippen LogP contribution in [0.1, 0.15) is 18.1 Å². The van der Waals surface area contributed by atoms with Gasteiger partial charge in [-0.15, -0.1) is 11.8 Å². The fraction of sp³-hybridized carbons (Fsp3) is 0.188. The molecule has 0 bridgehead atoms. The summed E-state index contributed by atoms with van der Waals surface area (Å²) in [7, 11) is 1.32. The highest BCUT2D eigenvalue weighted by Crippen LogP contribution is 2.62. The Balaban J connectivity index is 2.31. The molecule has 1 N–H and O–H groups in total. The second-order valence-corrected chi connectivity index (χ2v) is 6.28. The van der Waals surface area contributed by atoms with Crippen molar-refractivity contribution in [1.82, 2.24) is 0 Å². The third kappa shape index (κ3) is 1.45. The van der Waals surface area contributed by atoms with Crippen LogP contribution < -0.4 is 0 Å². The van der Waals surface area contributed by atoms with Gasteiger partial charge >= 0.3 is 5.97 Å². The Bertz CT molecular complexity index is 699. The van der Waals surface area contributed by atoms with E-state index >= 15 is 0 Å². The third-order valence-electron chi connectivity index (χ3n) is 3.68. The minimum atomic E-state index is -0.752. The minimum Gasteiger partial charge on any atom is -0.507 e. The average molecular weight is 286 g/mol. The molecule has 0 amide bonds. The number of thioether (sulfide) groups is 1. The molecule has 20 heavy (non-hydrogen) atoms. The van der Waals surface area contributed by atoms with E-state index in [1.165, 1.54) is 18.9 Å². The topological polar surface area (TPSA) is 46.5 Å². The molecule has 1 aromatic carbocycles. The van der Waals surface area contributed by atoms with Gasteiger partial charge in [-0.3, -0.25) is 0 Å². The van der Waals surface area contributed by atoms with Crippen molar-refractivity contribution in [2.24, 2.45) is 0 Å². The van der Waals surface area contributed by atoms with E-state index in [1.807, 2.05) is 37.3 Å². The molecule has 1 aliphatic carbocycles. The van der Waals surface area contributed by atoms with Crippen LogP contribution in [0, 0.1) is 0 Å². The minimum absolute atomic E-state index is 0.01000. The van der Waals surface area contributed by atoms with Crippen LogP contribution in [0.5, 0.6) is 0 Å². The number of ether oxygens (including phenoxy) is 1. The van der Waals surface area contributed by atoms with E-state index in [4.69, 9.17) is 4.74 Å². The molecule has 1 spiro atoms. The van der Waals surface area contributed by atoms with Crippen molar-refractivity contribution in [3.8, 4) is 0 Å². The van der Waals surface area contributed by atoms with E-state index in [1.54, 1.807) is 0 Å². The lowest BCUT2D eigenvalue weighted by atomic mass is 9.87. The summed E-state index contributed by atoms with van der Waals surface area (Å²) >= 11 is 1.52. The van der Waals surface area contributed by atoms with Gasteiger partial charge in [-0.05, 0) is 29.0 Å². The summed E-state index contributed by atoms with van der Waals surface area (Å²) in [5, 5.41) is 10.5. The molecule has 0 saturated heterocycles. The van der Waals surface area contributed by atoms with Gasteiger partial charge < -0.3 is 9.84 Å². The number of hydrogen-bond donors (Lipinski definition) is 1. The lowest BCUT2D eigenvalue weighted by Crippen LogP contribution is -2.27. The smallest absolute Gasteiger partial charge is 0.339 e. The van der Waals surface area contributed by atoms with Crippen molar-refractivity contribution in [1.29, 1.82) is 0 Å². The van der Waals surface area contributed by atoms with Crippen LogP contribution in [0.15, 0.2) is 53.0 Å². The normalized spacial score (nSPS) is 24.1. The van der Waals surface area contributed by atoms with Gasteiger partial charge in [0.25, 0.3) is 0 Å². The van der Waals surface area contributed by atoms with Gasteiger partial charge in [0.1, 0.15) is 16.1 Å². The van der Waals surface area contributed by atoms with Crippen LogP contribution in [-0.4, -0.2) is 18.2 Å². The van der Waals surface area contributed by atoms with Crippen molar-refractivity contribution in [2.45, 2.75) is 11.7 Å². The number of methoxy groups -OCH3 is 1. The molecule has 102 valence electrons. The predicted molar refractivity (Wildman–Crippen MR) is 80.2 cm³/mol. The molecule has 3 nitrogen and oxygen atoms in total. The number of benzene rings is 1. The van der Waals surface area contributed by atoms with E-state index in [0.717, 1.165) is 16.0 Å². The van der Waals surface area contributed by atoms with E-state index < -0.39 is 10.7 Å². The first-order valence-electron chi connectivity index (χ1n) is 6.21. The summed E-state index contributed by atoms with van der Waals surface area (Å²) in [6.07, 6.45) is 1.95. The van der Waals surface area contributed by atoms with Gasteiger partial charge in [0, 0.05) is 5.56 Å². The van der Waals surface area contributed by atoms with E-state index in [-0.39, 0.29) is 11.3 Å². The van der Waals surface area contributed by atoms with Gasteiger partial charge in [-0.2, -0.15) is 0 Å². The number of carbonyl (C=O) groups is 1. The van der Waals surface area contributed by atoms with Crippen LogP contribution >= 0.6 is 11.8 Å². The number of aliphatic hydroxyl groups is 1. The van der Waals surface area contributed by atoms with Crippen molar-refractivity contribution in [2.75, 3.05) is 7.11 Å². The zero-order valence-corrected chi connectivity index (χ0v) is 12.1. The number of rotatable bonds is 1. The molecular weight excluding hydrogens is 272 g/mol. The van der Waals surface area contributed by atoms with E-state index in [0.29, 0.717) is 5.56 Å². The maximum Gasteiger partial charge on any atom is 0.339 e. The fourth-order valence-electron chi connectivity index (χ4n) is 2.90. The number of hydrogen-bond acceptors (Lipinski definition) is 4. The Hall–Kier alpha value is -1.94. The standard InChI is InChI=1S/C16H14O3S/c1-9-8-10(2)20-16(9)12-7-5-4-6-11(12)14(17)13(16)15(18)19-3/h4-8,17H,1H2,2-3H3.